The van der Waals surface area contributed by atoms with Crippen LogP contribution in [0.15, 0.2) is 10.6 Å². The number of anilines is 1. The second-order valence-corrected chi connectivity index (χ2v) is 3.85. The van der Waals surface area contributed by atoms with E-state index >= 15 is 0 Å². The molecule has 0 aliphatic heterocycles. The number of aryl methyl sites for hydroxylation is 1. The van der Waals surface area contributed by atoms with E-state index in [1.807, 2.05) is 0 Å². The smallest absolute Gasteiger partial charge is 0.247 e. The Morgan fingerprint density at radius 1 is 1.59 bits per heavy atom. The molecule has 2 aromatic rings. The van der Waals surface area contributed by atoms with Gasteiger partial charge in [0.15, 0.2) is 5.82 Å². The number of aromatic nitrogens is 4. The first-order valence-electron chi connectivity index (χ1n) is 4.53. The molecule has 7 nitrogen and oxygen atoms in total. The van der Waals surface area contributed by atoms with Crippen LogP contribution in [-0.2, 0) is 11.3 Å². The summed E-state index contributed by atoms with van der Waals surface area (Å²) in [5, 5.41) is 9.89. The second-order valence-electron chi connectivity index (χ2n) is 3.18. The molecule has 2 rings (SSSR count). The van der Waals surface area contributed by atoms with Gasteiger partial charge in [-0.1, -0.05) is 5.16 Å². The van der Waals surface area contributed by atoms with E-state index in [0.29, 0.717) is 11.6 Å². The third-order valence-corrected chi connectivity index (χ3v) is 2.23. The van der Waals surface area contributed by atoms with Crippen molar-refractivity contribution in [3.8, 4) is 0 Å². The second kappa shape index (κ2) is 4.72. The lowest BCUT2D eigenvalue weighted by atomic mass is 10.5. The fourth-order valence-electron chi connectivity index (χ4n) is 1.14. The van der Waals surface area contributed by atoms with Crippen molar-refractivity contribution in [2.24, 2.45) is 0 Å². The van der Waals surface area contributed by atoms with Crippen LogP contribution in [0.1, 0.15) is 5.76 Å². The van der Waals surface area contributed by atoms with Gasteiger partial charge in [0.25, 0.3) is 0 Å². The van der Waals surface area contributed by atoms with E-state index in [-0.39, 0.29) is 23.0 Å². The van der Waals surface area contributed by atoms with Crippen LogP contribution in [-0.4, -0.2) is 25.8 Å². The quantitative estimate of drug-likeness (QED) is 0.918. The first kappa shape index (κ1) is 11.9. The van der Waals surface area contributed by atoms with Crippen molar-refractivity contribution >= 4 is 34.9 Å². The van der Waals surface area contributed by atoms with Crippen molar-refractivity contribution in [1.29, 1.82) is 0 Å². The molecule has 2 aromatic heterocycles. The fourth-order valence-corrected chi connectivity index (χ4v) is 1.53. The van der Waals surface area contributed by atoms with Gasteiger partial charge in [0.1, 0.15) is 12.3 Å². The van der Waals surface area contributed by atoms with Crippen molar-refractivity contribution in [1.82, 2.24) is 19.9 Å². The van der Waals surface area contributed by atoms with E-state index in [2.05, 4.69) is 20.6 Å². The van der Waals surface area contributed by atoms with Crippen molar-refractivity contribution in [3.05, 3.63) is 22.4 Å². The number of carbonyl (C=O) groups excluding carboxylic acids is 1. The Labute approximate surface area is 106 Å². The van der Waals surface area contributed by atoms with Crippen LogP contribution in [0.3, 0.4) is 0 Å². The molecule has 0 aliphatic rings. The van der Waals surface area contributed by atoms with Gasteiger partial charge >= 0.3 is 0 Å². The highest BCUT2D eigenvalue weighted by Gasteiger charge is 2.11. The van der Waals surface area contributed by atoms with Crippen LogP contribution >= 0.6 is 23.2 Å². The zero-order valence-corrected chi connectivity index (χ0v) is 10.2. The Hall–Kier alpha value is -1.60. The van der Waals surface area contributed by atoms with E-state index in [1.54, 1.807) is 13.0 Å². The Kier molecular flexibility index (Phi) is 3.30. The van der Waals surface area contributed by atoms with Crippen LogP contribution in [0.5, 0.6) is 0 Å². The molecule has 0 fully saturated rings. The predicted molar refractivity (Wildman–Crippen MR) is 59.9 cm³/mol. The van der Waals surface area contributed by atoms with Crippen LogP contribution in [0.4, 0.5) is 5.82 Å². The number of hydrogen-bond acceptors (Lipinski definition) is 5. The molecule has 1 N–H and O–H groups in total. The zero-order chi connectivity index (χ0) is 12.4. The highest BCUT2D eigenvalue weighted by molar-refractivity contribution is 6.31. The third-order valence-electron chi connectivity index (χ3n) is 1.79. The van der Waals surface area contributed by atoms with Crippen LogP contribution in [0, 0.1) is 6.92 Å². The first-order chi connectivity index (χ1) is 8.04. The number of hydrogen-bond donors (Lipinski definition) is 1. The highest BCUT2D eigenvalue weighted by atomic mass is 35.5. The monoisotopic (exact) mass is 275 g/mol. The molecule has 0 unspecified atom stereocenters. The van der Waals surface area contributed by atoms with Gasteiger partial charge in [0.2, 0.25) is 16.5 Å². The summed E-state index contributed by atoms with van der Waals surface area (Å²) in [7, 11) is 0. The number of halogens is 2. The molecule has 0 aromatic carbocycles. The third kappa shape index (κ3) is 2.95. The summed E-state index contributed by atoms with van der Waals surface area (Å²) in [5.74, 6) is 0.568. The molecule has 17 heavy (non-hydrogen) atoms. The lowest BCUT2D eigenvalue weighted by molar-refractivity contribution is -0.116. The van der Waals surface area contributed by atoms with Gasteiger partial charge in [0.05, 0.1) is 0 Å². The van der Waals surface area contributed by atoms with Crippen LogP contribution in [0.25, 0.3) is 0 Å². The lowest BCUT2D eigenvalue weighted by Gasteiger charge is -2.01. The fraction of sp³-hybridized carbons (Fsp3) is 0.250. The molecule has 0 radical (unpaired) electrons. The van der Waals surface area contributed by atoms with Crippen molar-refractivity contribution in [2.45, 2.75) is 13.5 Å². The lowest BCUT2D eigenvalue weighted by Crippen LogP contribution is -2.19. The summed E-state index contributed by atoms with van der Waals surface area (Å²) in [4.78, 5) is 15.2. The van der Waals surface area contributed by atoms with E-state index in [0.717, 1.165) is 0 Å². The van der Waals surface area contributed by atoms with Crippen molar-refractivity contribution < 1.29 is 9.32 Å². The average molecular weight is 276 g/mol. The number of amides is 1. The standard InChI is InChI=1S/C8H7Cl2N5O2/c1-4-2-5(14-17-4)11-6(16)3-15-8(10)12-7(9)13-15/h2H,3H2,1H3,(H,11,14,16). The molecular weight excluding hydrogens is 269 g/mol. The summed E-state index contributed by atoms with van der Waals surface area (Å²) in [5.41, 5.74) is 0. The number of nitrogens with zero attached hydrogens (tertiary/aromatic N) is 4. The van der Waals surface area contributed by atoms with E-state index < -0.39 is 0 Å². The first-order valence-corrected chi connectivity index (χ1v) is 5.29. The number of nitrogens with one attached hydrogen (secondary N) is 1. The molecule has 0 atom stereocenters. The van der Waals surface area contributed by atoms with Gasteiger partial charge in [-0.15, -0.1) is 5.10 Å². The van der Waals surface area contributed by atoms with E-state index in [1.165, 1.54) is 4.68 Å². The summed E-state index contributed by atoms with van der Waals surface area (Å²) in [6.07, 6.45) is 0. The topological polar surface area (TPSA) is 85.8 Å². The molecule has 0 saturated heterocycles. The molecular formula is C8H7Cl2N5O2. The van der Waals surface area contributed by atoms with Crippen LogP contribution < -0.4 is 5.32 Å². The summed E-state index contributed by atoms with van der Waals surface area (Å²) in [6, 6.07) is 1.59. The van der Waals surface area contributed by atoms with Gasteiger partial charge < -0.3 is 9.84 Å². The van der Waals surface area contributed by atoms with Gasteiger partial charge in [-0.25, -0.2) is 4.68 Å². The number of rotatable bonds is 3. The Bertz CT molecular complexity index is 550. The molecule has 9 heteroatoms. The molecule has 90 valence electrons. The minimum absolute atomic E-state index is 0.0138. The van der Waals surface area contributed by atoms with Crippen molar-refractivity contribution in [2.75, 3.05) is 5.32 Å². The van der Waals surface area contributed by atoms with Gasteiger partial charge in [0, 0.05) is 6.07 Å². The normalized spacial score (nSPS) is 10.5. The minimum atomic E-state index is -0.359. The summed E-state index contributed by atoms with van der Waals surface area (Å²) in [6.45, 7) is 1.61. The van der Waals surface area contributed by atoms with E-state index in [9.17, 15) is 4.79 Å². The van der Waals surface area contributed by atoms with Gasteiger partial charge in [-0.2, -0.15) is 4.98 Å². The molecule has 0 aliphatic carbocycles. The molecule has 0 spiro atoms. The maximum absolute atomic E-state index is 11.6. The Morgan fingerprint density at radius 2 is 2.35 bits per heavy atom. The molecule has 2 heterocycles. The zero-order valence-electron chi connectivity index (χ0n) is 8.65. The SMILES string of the molecule is Cc1cc(NC(=O)Cn2nc(Cl)nc2Cl)no1. The maximum Gasteiger partial charge on any atom is 0.247 e. The van der Waals surface area contributed by atoms with Crippen LogP contribution in [0.2, 0.25) is 10.6 Å². The molecule has 0 bridgehead atoms. The molecule has 1 amide bonds. The Morgan fingerprint density at radius 3 is 2.88 bits per heavy atom. The number of carbonyl (C=O) groups is 1. The maximum atomic E-state index is 11.6. The highest BCUT2D eigenvalue weighted by Crippen LogP contribution is 2.10. The van der Waals surface area contributed by atoms with Crippen molar-refractivity contribution in [3.63, 3.8) is 0 Å². The average Bonchev–Trinajstić information content (AvgIpc) is 2.74. The van der Waals surface area contributed by atoms with E-state index in [4.69, 9.17) is 27.7 Å². The molecule has 0 saturated carbocycles. The minimum Gasteiger partial charge on any atom is -0.360 e. The summed E-state index contributed by atoms with van der Waals surface area (Å²) >= 11 is 11.2. The Balaban J connectivity index is 2.00. The predicted octanol–water partition coefficient (Wildman–Crippen LogP) is 1.52. The van der Waals surface area contributed by atoms with Gasteiger partial charge in [-0.05, 0) is 30.1 Å². The van der Waals surface area contributed by atoms with Gasteiger partial charge in [-0.3, -0.25) is 4.79 Å². The summed E-state index contributed by atoms with van der Waals surface area (Å²) < 4.78 is 5.97. The largest absolute Gasteiger partial charge is 0.360 e.